The third kappa shape index (κ3) is 3.42. The Labute approximate surface area is 159 Å². The van der Waals surface area contributed by atoms with Crippen LogP contribution in [0.4, 0.5) is 0 Å². The van der Waals surface area contributed by atoms with Crippen LogP contribution in [0.15, 0.2) is 24.3 Å². The summed E-state index contributed by atoms with van der Waals surface area (Å²) in [5, 5.41) is 5.57. The first-order valence-corrected chi connectivity index (χ1v) is 10.1. The lowest BCUT2D eigenvalue weighted by molar-refractivity contribution is 0.0323. The van der Waals surface area contributed by atoms with Gasteiger partial charge in [-0.3, -0.25) is 4.90 Å². The van der Waals surface area contributed by atoms with Crippen molar-refractivity contribution in [3.05, 3.63) is 34.1 Å². The smallest absolute Gasteiger partial charge is 0.199 e. The molecule has 2 aromatic rings. The number of hydrogen-bond donors (Lipinski definition) is 0. The van der Waals surface area contributed by atoms with Gasteiger partial charge in [0, 0.05) is 30.2 Å². The summed E-state index contributed by atoms with van der Waals surface area (Å²) in [6.45, 7) is 1.97. The molecule has 0 amide bonds. The van der Waals surface area contributed by atoms with Gasteiger partial charge >= 0.3 is 0 Å². The molecule has 1 aromatic carbocycles. The van der Waals surface area contributed by atoms with Gasteiger partial charge in [0.2, 0.25) is 0 Å². The van der Waals surface area contributed by atoms with E-state index in [1.807, 2.05) is 40.6 Å². The SMILES string of the molecule is Cn1c(-c2ccc(Cl)cc2)nn(CN2CCC[C@H]3CCCC[C@@H]32)c1=S. The maximum atomic E-state index is 6.01. The topological polar surface area (TPSA) is 26.0 Å². The quantitative estimate of drug-likeness (QED) is 0.714. The summed E-state index contributed by atoms with van der Waals surface area (Å²) in [5.74, 6) is 1.77. The largest absolute Gasteiger partial charge is 0.303 e. The molecular formula is C19H25ClN4S. The number of piperidine rings is 1. The fourth-order valence-electron chi connectivity index (χ4n) is 4.51. The van der Waals surface area contributed by atoms with Crippen molar-refractivity contribution in [3.8, 4) is 11.4 Å². The summed E-state index contributed by atoms with van der Waals surface area (Å²) in [7, 11) is 2.00. The van der Waals surface area contributed by atoms with Crippen LogP contribution in [0.2, 0.25) is 5.02 Å². The van der Waals surface area contributed by atoms with Crippen LogP contribution >= 0.6 is 23.8 Å². The maximum absolute atomic E-state index is 6.01. The molecule has 1 aromatic heterocycles. The molecule has 6 heteroatoms. The van der Waals surface area contributed by atoms with Crippen molar-refractivity contribution in [1.82, 2.24) is 19.2 Å². The molecule has 1 saturated heterocycles. The second-order valence-corrected chi connectivity index (χ2v) is 8.18. The van der Waals surface area contributed by atoms with E-state index in [-0.39, 0.29) is 0 Å². The molecule has 2 atom stereocenters. The maximum Gasteiger partial charge on any atom is 0.199 e. The lowest BCUT2D eigenvalue weighted by atomic mass is 9.78. The fourth-order valence-corrected chi connectivity index (χ4v) is 4.82. The first kappa shape index (κ1) is 17.3. The van der Waals surface area contributed by atoms with Crippen LogP contribution in [-0.4, -0.2) is 31.8 Å². The number of likely N-dealkylation sites (tertiary alicyclic amines) is 1. The average molecular weight is 377 g/mol. The molecular weight excluding hydrogens is 352 g/mol. The zero-order valence-corrected chi connectivity index (χ0v) is 16.3. The summed E-state index contributed by atoms with van der Waals surface area (Å²) >= 11 is 11.7. The van der Waals surface area contributed by atoms with E-state index in [2.05, 4.69) is 4.90 Å². The lowest BCUT2D eigenvalue weighted by Gasteiger charge is -2.43. The summed E-state index contributed by atoms with van der Waals surface area (Å²) < 4.78 is 4.78. The Morgan fingerprint density at radius 3 is 2.64 bits per heavy atom. The van der Waals surface area contributed by atoms with Gasteiger partial charge in [0.15, 0.2) is 10.6 Å². The Kier molecular flexibility index (Phi) is 4.98. The number of hydrogen-bond acceptors (Lipinski definition) is 3. The van der Waals surface area contributed by atoms with Crippen LogP contribution in [-0.2, 0) is 13.7 Å². The van der Waals surface area contributed by atoms with Gasteiger partial charge in [0.05, 0.1) is 6.67 Å². The van der Waals surface area contributed by atoms with Gasteiger partial charge in [0.1, 0.15) is 0 Å². The highest BCUT2D eigenvalue weighted by Gasteiger charge is 2.33. The first-order valence-electron chi connectivity index (χ1n) is 9.27. The van der Waals surface area contributed by atoms with Crippen LogP contribution < -0.4 is 0 Å². The second kappa shape index (κ2) is 7.22. The third-order valence-corrected chi connectivity index (χ3v) is 6.55. The van der Waals surface area contributed by atoms with Crippen molar-refractivity contribution in [2.75, 3.05) is 6.54 Å². The van der Waals surface area contributed by atoms with E-state index in [0.717, 1.165) is 40.3 Å². The molecule has 0 unspecified atom stereocenters. The summed E-state index contributed by atoms with van der Waals surface area (Å²) in [5.41, 5.74) is 1.05. The van der Waals surface area contributed by atoms with E-state index in [9.17, 15) is 0 Å². The number of benzene rings is 1. The van der Waals surface area contributed by atoms with E-state index in [1.54, 1.807) is 0 Å². The van der Waals surface area contributed by atoms with Crippen molar-refractivity contribution < 1.29 is 0 Å². The minimum absolute atomic E-state index is 0.713. The van der Waals surface area contributed by atoms with Crippen molar-refractivity contribution in [2.24, 2.45) is 13.0 Å². The van der Waals surface area contributed by atoms with Gasteiger partial charge in [0.25, 0.3) is 0 Å². The summed E-state index contributed by atoms with van der Waals surface area (Å²) in [6.07, 6.45) is 8.18. The van der Waals surface area contributed by atoms with Gasteiger partial charge in [-0.25, -0.2) is 4.68 Å². The summed E-state index contributed by atoms with van der Waals surface area (Å²) in [4.78, 5) is 2.61. The van der Waals surface area contributed by atoms with Gasteiger partial charge < -0.3 is 4.57 Å². The predicted octanol–water partition coefficient (Wildman–Crippen LogP) is 4.88. The van der Waals surface area contributed by atoms with Crippen LogP contribution in [0.5, 0.6) is 0 Å². The highest BCUT2D eigenvalue weighted by atomic mass is 35.5. The number of fused-ring (bicyclic) bond motifs is 1. The van der Waals surface area contributed by atoms with Crippen molar-refractivity contribution in [1.29, 1.82) is 0 Å². The molecule has 2 aliphatic rings. The number of aromatic nitrogens is 3. The molecule has 1 aliphatic carbocycles. The molecule has 25 heavy (non-hydrogen) atoms. The highest BCUT2D eigenvalue weighted by Crippen LogP contribution is 2.35. The Balaban J connectivity index is 1.59. The normalized spacial score (nSPS) is 24.2. The molecule has 4 rings (SSSR count). The zero-order valence-electron chi connectivity index (χ0n) is 14.7. The minimum atomic E-state index is 0.713. The van der Waals surface area contributed by atoms with Crippen molar-refractivity contribution in [2.45, 2.75) is 51.2 Å². The second-order valence-electron chi connectivity index (χ2n) is 7.38. The van der Waals surface area contributed by atoms with Gasteiger partial charge in [-0.2, -0.15) is 5.10 Å². The predicted molar refractivity (Wildman–Crippen MR) is 104 cm³/mol. The molecule has 2 fully saturated rings. The van der Waals surface area contributed by atoms with Crippen LogP contribution in [0, 0.1) is 10.7 Å². The Morgan fingerprint density at radius 1 is 1.12 bits per heavy atom. The molecule has 134 valence electrons. The Bertz CT molecular complexity index is 793. The van der Waals surface area contributed by atoms with Crippen LogP contribution in [0.25, 0.3) is 11.4 Å². The average Bonchev–Trinajstić information content (AvgIpc) is 2.91. The molecule has 1 aliphatic heterocycles. The molecule has 4 nitrogen and oxygen atoms in total. The minimum Gasteiger partial charge on any atom is -0.303 e. The highest BCUT2D eigenvalue weighted by molar-refractivity contribution is 7.71. The molecule has 2 heterocycles. The van der Waals surface area contributed by atoms with Crippen LogP contribution in [0.3, 0.4) is 0 Å². The van der Waals surface area contributed by atoms with E-state index in [1.165, 1.54) is 38.5 Å². The molecule has 0 bridgehead atoms. The van der Waals surface area contributed by atoms with E-state index in [0.29, 0.717) is 6.04 Å². The molecule has 0 radical (unpaired) electrons. The third-order valence-electron chi connectivity index (χ3n) is 5.82. The van der Waals surface area contributed by atoms with Crippen molar-refractivity contribution >= 4 is 23.8 Å². The van der Waals surface area contributed by atoms with Crippen molar-refractivity contribution in [3.63, 3.8) is 0 Å². The summed E-state index contributed by atoms with van der Waals surface area (Å²) in [6, 6.07) is 8.52. The molecule has 0 spiro atoms. The van der Waals surface area contributed by atoms with Gasteiger partial charge in [-0.05, 0) is 68.1 Å². The fraction of sp³-hybridized carbons (Fsp3) is 0.579. The monoisotopic (exact) mass is 376 g/mol. The Hall–Kier alpha value is -1.17. The standard InChI is InChI=1S/C19H25ClN4S/c1-22-18(15-8-10-16(20)11-9-15)21-24(19(22)25)13-23-12-4-6-14-5-2-3-7-17(14)23/h8-11,14,17H,2-7,12-13H2,1H3/t14-,17+/m1/s1. The number of rotatable bonds is 3. The molecule has 1 saturated carbocycles. The zero-order chi connectivity index (χ0) is 17.4. The van der Waals surface area contributed by atoms with Gasteiger partial charge in [-0.1, -0.05) is 24.4 Å². The van der Waals surface area contributed by atoms with Crippen LogP contribution in [0.1, 0.15) is 38.5 Å². The van der Waals surface area contributed by atoms with Gasteiger partial charge in [-0.15, -0.1) is 0 Å². The Morgan fingerprint density at radius 2 is 1.84 bits per heavy atom. The lowest BCUT2D eigenvalue weighted by Crippen LogP contribution is -2.47. The molecule has 0 N–H and O–H groups in total. The van der Waals surface area contributed by atoms with E-state index < -0.39 is 0 Å². The number of halogens is 1. The van der Waals surface area contributed by atoms with E-state index in [4.69, 9.17) is 28.9 Å². The first-order chi connectivity index (χ1) is 12.1. The van der Waals surface area contributed by atoms with E-state index >= 15 is 0 Å². The number of nitrogens with zero attached hydrogens (tertiary/aromatic N) is 4.